The Morgan fingerprint density at radius 3 is 2.50 bits per heavy atom. The SMILES string of the molecule is Cc1nc2n(n1)[C@@H](c1ccccc1)C=C(c1ccc3ccccc3c1)N2. The number of anilines is 1. The summed E-state index contributed by atoms with van der Waals surface area (Å²) in [5.41, 5.74) is 3.40. The zero-order chi connectivity index (χ0) is 17.5. The van der Waals surface area contributed by atoms with Gasteiger partial charge < -0.3 is 5.32 Å². The molecule has 26 heavy (non-hydrogen) atoms. The van der Waals surface area contributed by atoms with E-state index in [-0.39, 0.29) is 6.04 Å². The molecule has 0 saturated heterocycles. The van der Waals surface area contributed by atoms with Crippen molar-refractivity contribution in [2.75, 3.05) is 5.32 Å². The third-order valence-corrected chi connectivity index (χ3v) is 4.77. The number of aryl methyl sites for hydroxylation is 1. The maximum Gasteiger partial charge on any atom is 0.226 e. The van der Waals surface area contributed by atoms with Gasteiger partial charge in [-0.05, 0) is 41.0 Å². The van der Waals surface area contributed by atoms with Crippen molar-refractivity contribution in [1.82, 2.24) is 14.8 Å². The van der Waals surface area contributed by atoms with E-state index >= 15 is 0 Å². The van der Waals surface area contributed by atoms with Crippen LogP contribution in [-0.4, -0.2) is 14.8 Å². The molecule has 0 unspecified atom stereocenters. The number of aromatic nitrogens is 3. The molecule has 1 atom stereocenters. The van der Waals surface area contributed by atoms with Crippen LogP contribution in [0.3, 0.4) is 0 Å². The van der Waals surface area contributed by atoms with E-state index in [9.17, 15) is 0 Å². The van der Waals surface area contributed by atoms with E-state index in [2.05, 4.69) is 88.2 Å². The average molecular weight is 338 g/mol. The Morgan fingerprint density at radius 2 is 1.65 bits per heavy atom. The van der Waals surface area contributed by atoms with Gasteiger partial charge in [-0.2, -0.15) is 10.1 Å². The Morgan fingerprint density at radius 1 is 0.885 bits per heavy atom. The maximum atomic E-state index is 4.59. The molecule has 1 aliphatic heterocycles. The first kappa shape index (κ1) is 14.9. The Bertz CT molecular complexity index is 1130. The van der Waals surface area contributed by atoms with Crippen LogP contribution < -0.4 is 5.32 Å². The molecule has 0 fully saturated rings. The molecular weight excluding hydrogens is 320 g/mol. The first-order valence-corrected chi connectivity index (χ1v) is 8.74. The molecule has 1 N–H and O–H groups in total. The Balaban J connectivity index is 1.65. The predicted molar refractivity (Wildman–Crippen MR) is 105 cm³/mol. The van der Waals surface area contributed by atoms with E-state index in [1.54, 1.807) is 0 Å². The van der Waals surface area contributed by atoms with Crippen molar-refractivity contribution in [3.05, 3.63) is 95.8 Å². The van der Waals surface area contributed by atoms with Crippen LogP contribution in [0.5, 0.6) is 0 Å². The normalized spacial score (nSPS) is 16.0. The molecule has 4 aromatic rings. The van der Waals surface area contributed by atoms with Crippen molar-refractivity contribution >= 4 is 22.4 Å². The van der Waals surface area contributed by atoms with Crippen molar-refractivity contribution in [2.45, 2.75) is 13.0 Å². The first-order chi connectivity index (χ1) is 12.8. The minimum Gasteiger partial charge on any atom is -0.324 e. The van der Waals surface area contributed by atoms with Gasteiger partial charge in [-0.25, -0.2) is 4.68 Å². The molecule has 1 aromatic heterocycles. The van der Waals surface area contributed by atoms with Gasteiger partial charge in [0.1, 0.15) is 11.9 Å². The van der Waals surface area contributed by atoms with Crippen molar-refractivity contribution in [2.24, 2.45) is 0 Å². The van der Waals surface area contributed by atoms with Gasteiger partial charge in [0.2, 0.25) is 5.95 Å². The highest BCUT2D eigenvalue weighted by Crippen LogP contribution is 2.33. The lowest BCUT2D eigenvalue weighted by Crippen LogP contribution is -2.20. The lowest BCUT2D eigenvalue weighted by Gasteiger charge is -2.24. The van der Waals surface area contributed by atoms with E-state index in [0.29, 0.717) is 0 Å². The monoisotopic (exact) mass is 338 g/mol. The highest BCUT2D eigenvalue weighted by atomic mass is 15.4. The van der Waals surface area contributed by atoms with Gasteiger partial charge in [0.05, 0.1) is 0 Å². The first-order valence-electron chi connectivity index (χ1n) is 8.74. The fraction of sp³-hybridized carbons (Fsp3) is 0.0909. The second kappa shape index (κ2) is 5.85. The average Bonchev–Trinajstić information content (AvgIpc) is 3.07. The maximum absolute atomic E-state index is 4.59. The minimum atomic E-state index is 0.0233. The molecule has 5 rings (SSSR count). The number of hydrogen-bond acceptors (Lipinski definition) is 3. The predicted octanol–water partition coefficient (Wildman–Crippen LogP) is 4.80. The molecule has 0 amide bonds. The highest BCUT2D eigenvalue weighted by molar-refractivity contribution is 5.88. The lowest BCUT2D eigenvalue weighted by molar-refractivity contribution is 0.607. The van der Waals surface area contributed by atoms with Crippen molar-refractivity contribution in [3.8, 4) is 0 Å². The molecular formula is C22H18N4. The number of fused-ring (bicyclic) bond motifs is 2. The number of benzene rings is 3. The topological polar surface area (TPSA) is 42.7 Å². The lowest BCUT2D eigenvalue weighted by atomic mass is 10.00. The van der Waals surface area contributed by atoms with E-state index < -0.39 is 0 Å². The van der Waals surface area contributed by atoms with Crippen LogP contribution in [0, 0.1) is 6.92 Å². The summed E-state index contributed by atoms with van der Waals surface area (Å²) >= 11 is 0. The van der Waals surface area contributed by atoms with Crippen molar-refractivity contribution in [1.29, 1.82) is 0 Å². The van der Waals surface area contributed by atoms with E-state index in [4.69, 9.17) is 0 Å². The fourth-order valence-corrected chi connectivity index (χ4v) is 3.51. The van der Waals surface area contributed by atoms with Gasteiger partial charge in [-0.1, -0.05) is 66.7 Å². The molecule has 0 saturated carbocycles. The zero-order valence-corrected chi connectivity index (χ0v) is 14.4. The molecule has 126 valence electrons. The number of allylic oxidation sites excluding steroid dienone is 1. The van der Waals surface area contributed by atoms with Gasteiger partial charge in [0.15, 0.2) is 0 Å². The third kappa shape index (κ3) is 2.47. The largest absolute Gasteiger partial charge is 0.324 e. The summed E-state index contributed by atoms with van der Waals surface area (Å²) in [7, 11) is 0. The number of nitrogens with zero attached hydrogens (tertiary/aromatic N) is 3. The quantitative estimate of drug-likeness (QED) is 0.571. The summed E-state index contributed by atoms with van der Waals surface area (Å²) in [6, 6.07) is 25.4. The van der Waals surface area contributed by atoms with Gasteiger partial charge in [0, 0.05) is 5.70 Å². The van der Waals surface area contributed by atoms with Gasteiger partial charge >= 0.3 is 0 Å². The molecule has 1 aliphatic rings. The summed E-state index contributed by atoms with van der Waals surface area (Å²) in [4.78, 5) is 4.56. The van der Waals surface area contributed by atoms with Crippen molar-refractivity contribution in [3.63, 3.8) is 0 Å². The zero-order valence-electron chi connectivity index (χ0n) is 14.4. The van der Waals surface area contributed by atoms with Gasteiger partial charge in [-0.3, -0.25) is 0 Å². The second-order valence-electron chi connectivity index (χ2n) is 6.55. The Hall–Kier alpha value is -3.40. The van der Waals surface area contributed by atoms with Crippen LogP contribution in [0.25, 0.3) is 16.5 Å². The van der Waals surface area contributed by atoms with Crippen LogP contribution in [0.2, 0.25) is 0 Å². The van der Waals surface area contributed by atoms with E-state index in [1.807, 2.05) is 17.7 Å². The molecule has 3 aromatic carbocycles. The van der Waals surface area contributed by atoms with Crippen LogP contribution >= 0.6 is 0 Å². The Labute approximate surface area is 151 Å². The summed E-state index contributed by atoms with van der Waals surface area (Å²) < 4.78 is 1.95. The summed E-state index contributed by atoms with van der Waals surface area (Å²) in [6.07, 6.45) is 2.22. The summed E-state index contributed by atoms with van der Waals surface area (Å²) in [5, 5.41) is 10.5. The van der Waals surface area contributed by atoms with Crippen LogP contribution in [0.4, 0.5) is 5.95 Å². The van der Waals surface area contributed by atoms with Gasteiger partial charge in [0.25, 0.3) is 0 Å². The van der Waals surface area contributed by atoms with Gasteiger partial charge in [-0.15, -0.1) is 0 Å². The molecule has 0 bridgehead atoms. The van der Waals surface area contributed by atoms with E-state index in [0.717, 1.165) is 23.0 Å². The molecule has 4 heteroatoms. The third-order valence-electron chi connectivity index (χ3n) is 4.77. The fourth-order valence-electron chi connectivity index (χ4n) is 3.51. The molecule has 4 nitrogen and oxygen atoms in total. The smallest absolute Gasteiger partial charge is 0.226 e. The van der Waals surface area contributed by atoms with Crippen LogP contribution in [0.15, 0.2) is 78.9 Å². The van der Waals surface area contributed by atoms with Crippen LogP contribution in [-0.2, 0) is 0 Å². The van der Waals surface area contributed by atoms with E-state index in [1.165, 1.54) is 16.3 Å². The summed E-state index contributed by atoms with van der Waals surface area (Å²) in [6.45, 7) is 1.92. The molecule has 2 heterocycles. The second-order valence-corrected chi connectivity index (χ2v) is 6.55. The molecule has 0 radical (unpaired) electrons. The number of hydrogen-bond donors (Lipinski definition) is 1. The van der Waals surface area contributed by atoms with Crippen LogP contribution in [0.1, 0.15) is 23.0 Å². The van der Waals surface area contributed by atoms with Crippen molar-refractivity contribution < 1.29 is 0 Å². The Kier molecular flexibility index (Phi) is 3.35. The standard InChI is InChI=1S/C22H18N4/c1-15-23-22-24-20(19-12-11-16-7-5-6-10-18(16)13-19)14-21(26(22)25-15)17-8-3-2-4-9-17/h2-14,21H,1H3,(H,23,24,25)/t21-/m1/s1. The highest BCUT2D eigenvalue weighted by Gasteiger charge is 2.24. The minimum absolute atomic E-state index is 0.0233. The number of rotatable bonds is 2. The number of nitrogens with one attached hydrogen (secondary N) is 1. The molecule has 0 aliphatic carbocycles. The summed E-state index contributed by atoms with van der Waals surface area (Å²) in [5.74, 6) is 1.55. The molecule has 0 spiro atoms.